The number of hydrogen-bond donors (Lipinski definition) is 1. The molecule has 2 amide bonds. The van der Waals surface area contributed by atoms with Crippen molar-refractivity contribution in [2.75, 3.05) is 23.9 Å². The molecule has 1 N–H and O–H groups in total. The van der Waals surface area contributed by atoms with Crippen molar-refractivity contribution in [2.45, 2.75) is 12.5 Å². The van der Waals surface area contributed by atoms with Crippen LogP contribution in [0.5, 0.6) is 0 Å². The molecule has 0 bridgehead atoms. The molecule has 0 saturated carbocycles. The van der Waals surface area contributed by atoms with Gasteiger partial charge < -0.3 is 10.2 Å². The van der Waals surface area contributed by atoms with Crippen molar-refractivity contribution in [1.82, 2.24) is 4.90 Å². The monoisotopic (exact) mass is 336 g/mol. The molecule has 1 aromatic carbocycles. The minimum Gasteiger partial charge on any atom is -0.324 e. The maximum absolute atomic E-state index is 12.1. The lowest BCUT2D eigenvalue weighted by Gasteiger charge is -2.23. The zero-order valence-corrected chi connectivity index (χ0v) is 13.1. The first-order valence-corrected chi connectivity index (χ1v) is 8.55. The smallest absolute Gasteiger partial charge is 0.321 e. The van der Waals surface area contributed by atoms with E-state index in [9.17, 15) is 13.2 Å². The van der Waals surface area contributed by atoms with Gasteiger partial charge in [-0.15, -0.1) is 0 Å². The topological polar surface area (TPSA) is 66.5 Å². The molecule has 8 heteroatoms. The first-order valence-electron chi connectivity index (χ1n) is 5.98. The van der Waals surface area contributed by atoms with Crippen LogP contribution in [0, 0.1) is 0 Å². The summed E-state index contributed by atoms with van der Waals surface area (Å²) in [7, 11) is -1.44. The standard InChI is InChI=1S/C12H14Cl2N2O3S/c1-16(9-4-5-20(18,19)7-9)12(17)15-8-2-3-10(13)11(14)6-8/h2-3,6,9H,4-5,7H2,1H3,(H,15,17). The average molecular weight is 337 g/mol. The first kappa shape index (κ1) is 15.4. The molecule has 1 aliphatic heterocycles. The van der Waals surface area contributed by atoms with Crippen LogP contribution < -0.4 is 5.32 Å². The van der Waals surface area contributed by atoms with Gasteiger partial charge >= 0.3 is 6.03 Å². The van der Waals surface area contributed by atoms with Gasteiger partial charge in [0.05, 0.1) is 21.6 Å². The van der Waals surface area contributed by atoms with Crippen LogP contribution >= 0.6 is 23.2 Å². The summed E-state index contributed by atoms with van der Waals surface area (Å²) in [6.45, 7) is 0. The van der Waals surface area contributed by atoms with E-state index in [0.717, 1.165) is 0 Å². The summed E-state index contributed by atoms with van der Waals surface area (Å²) in [5.74, 6) is 0.139. The van der Waals surface area contributed by atoms with Gasteiger partial charge in [-0.2, -0.15) is 0 Å². The molecular weight excluding hydrogens is 323 g/mol. The second kappa shape index (κ2) is 5.79. The molecule has 0 aliphatic carbocycles. The van der Waals surface area contributed by atoms with Gasteiger partial charge in [-0.3, -0.25) is 0 Å². The van der Waals surface area contributed by atoms with Crippen molar-refractivity contribution in [3.05, 3.63) is 28.2 Å². The minimum atomic E-state index is -3.02. The molecule has 1 atom stereocenters. The molecule has 5 nitrogen and oxygen atoms in total. The van der Waals surface area contributed by atoms with E-state index in [1.165, 1.54) is 4.90 Å². The highest BCUT2D eigenvalue weighted by Crippen LogP contribution is 2.25. The zero-order valence-electron chi connectivity index (χ0n) is 10.8. The van der Waals surface area contributed by atoms with E-state index in [2.05, 4.69) is 5.32 Å². The Bertz CT molecular complexity index is 634. The van der Waals surface area contributed by atoms with Crippen LogP contribution in [0.1, 0.15) is 6.42 Å². The highest BCUT2D eigenvalue weighted by Gasteiger charge is 2.32. The Hall–Kier alpha value is -0.980. The molecule has 1 heterocycles. The van der Waals surface area contributed by atoms with Gasteiger partial charge in [0.25, 0.3) is 0 Å². The second-order valence-electron chi connectivity index (χ2n) is 4.73. The van der Waals surface area contributed by atoms with Crippen molar-refractivity contribution in [2.24, 2.45) is 0 Å². The molecule has 0 spiro atoms. The third-order valence-corrected chi connectivity index (χ3v) is 5.74. The van der Waals surface area contributed by atoms with Crippen LogP contribution in [-0.4, -0.2) is 43.9 Å². The number of anilines is 1. The summed E-state index contributed by atoms with van der Waals surface area (Å²) in [4.78, 5) is 13.5. The molecular formula is C12H14Cl2N2O3S. The van der Waals surface area contributed by atoms with Gasteiger partial charge in [0, 0.05) is 18.8 Å². The number of carbonyl (C=O) groups excluding carboxylic acids is 1. The SMILES string of the molecule is CN(C(=O)Nc1ccc(Cl)c(Cl)c1)C1CCS(=O)(=O)C1. The first-order chi connectivity index (χ1) is 9.28. The molecule has 1 unspecified atom stereocenters. The number of urea groups is 1. The Balaban J connectivity index is 2.02. The van der Waals surface area contributed by atoms with Crippen molar-refractivity contribution in [1.29, 1.82) is 0 Å². The van der Waals surface area contributed by atoms with Crippen molar-refractivity contribution in [3.8, 4) is 0 Å². The fourth-order valence-corrected chi connectivity index (χ4v) is 4.10. The van der Waals surface area contributed by atoms with Gasteiger partial charge in [-0.1, -0.05) is 23.2 Å². The van der Waals surface area contributed by atoms with Gasteiger partial charge in [-0.05, 0) is 24.6 Å². The van der Waals surface area contributed by atoms with Gasteiger partial charge in [0.15, 0.2) is 9.84 Å². The molecule has 110 valence electrons. The number of rotatable bonds is 2. The highest BCUT2D eigenvalue weighted by molar-refractivity contribution is 7.91. The lowest BCUT2D eigenvalue weighted by atomic mass is 10.2. The van der Waals surface area contributed by atoms with E-state index in [4.69, 9.17) is 23.2 Å². The summed E-state index contributed by atoms with van der Waals surface area (Å²) in [6.07, 6.45) is 0.466. The molecule has 2 rings (SSSR count). The largest absolute Gasteiger partial charge is 0.324 e. The van der Waals surface area contributed by atoms with E-state index in [0.29, 0.717) is 22.2 Å². The van der Waals surface area contributed by atoms with Crippen molar-refractivity contribution in [3.63, 3.8) is 0 Å². The third-order valence-electron chi connectivity index (χ3n) is 3.25. The molecule has 1 aromatic rings. The van der Waals surface area contributed by atoms with Crippen LogP contribution in [0.4, 0.5) is 10.5 Å². The molecule has 0 aromatic heterocycles. The number of nitrogens with zero attached hydrogens (tertiary/aromatic N) is 1. The number of hydrogen-bond acceptors (Lipinski definition) is 3. The van der Waals surface area contributed by atoms with Crippen LogP contribution in [0.15, 0.2) is 18.2 Å². The Labute approximate surface area is 127 Å². The van der Waals surface area contributed by atoms with Gasteiger partial charge in [0.1, 0.15) is 0 Å². The normalized spacial score (nSPS) is 20.6. The van der Waals surface area contributed by atoms with E-state index in [1.54, 1.807) is 25.2 Å². The number of amides is 2. The summed E-state index contributed by atoms with van der Waals surface area (Å²) in [5.41, 5.74) is 0.511. The third kappa shape index (κ3) is 3.56. The van der Waals surface area contributed by atoms with Crippen molar-refractivity contribution < 1.29 is 13.2 Å². The Morgan fingerprint density at radius 3 is 2.60 bits per heavy atom. The molecule has 1 saturated heterocycles. The minimum absolute atomic E-state index is 0.0122. The lowest BCUT2D eigenvalue weighted by Crippen LogP contribution is -2.40. The Morgan fingerprint density at radius 1 is 1.35 bits per heavy atom. The predicted octanol–water partition coefficient (Wildman–Crippen LogP) is 2.64. The zero-order chi connectivity index (χ0) is 14.9. The Kier molecular flexibility index (Phi) is 4.46. The number of carbonyl (C=O) groups is 1. The van der Waals surface area contributed by atoms with Crippen LogP contribution in [0.3, 0.4) is 0 Å². The van der Waals surface area contributed by atoms with E-state index in [-0.39, 0.29) is 23.6 Å². The predicted molar refractivity (Wildman–Crippen MR) is 80.3 cm³/mol. The maximum atomic E-state index is 12.1. The summed E-state index contributed by atoms with van der Waals surface area (Å²) in [5, 5.41) is 3.41. The summed E-state index contributed by atoms with van der Waals surface area (Å²) < 4.78 is 22.8. The van der Waals surface area contributed by atoms with Crippen LogP contribution in [-0.2, 0) is 9.84 Å². The Morgan fingerprint density at radius 2 is 2.05 bits per heavy atom. The number of benzene rings is 1. The quantitative estimate of drug-likeness (QED) is 0.902. The van der Waals surface area contributed by atoms with Crippen LogP contribution in [0.25, 0.3) is 0 Å². The molecule has 1 fully saturated rings. The fraction of sp³-hybridized carbons (Fsp3) is 0.417. The van der Waals surface area contributed by atoms with E-state index in [1.807, 2.05) is 0 Å². The van der Waals surface area contributed by atoms with Gasteiger partial charge in [0.2, 0.25) is 0 Å². The summed E-state index contributed by atoms with van der Waals surface area (Å²) >= 11 is 11.7. The van der Waals surface area contributed by atoms with E-state index < -0.39 is 9.84 Å². The lowest BCUT2D eigenvalue weighted by molar-refractivity contribution is 0.209. The average Bonchev–Trinajstić information content (AvgIpc) is 2.73. The summed E-state index contributed by atoms with van der Waals surface area (Å²) in [6, 6.07) is 4.10. The van der Waals surface area contributed by atoms with Crippen LogP contribution in [0.2, 0.25) is 10.0 Å². The highest BCUT2D eigenvalue weighted by atomic mass is 35.5. The molecule has 0 radical (unpaired) electrons. The van der Waals surface area contributed by atoms with E-state index >= 15 is 0 Å². The number of nitrogens with one attached hydrogen (secondary N) is 1. The molecule has 1 aliphatic rings. The number of halogens is 2. The maximum Gasteiger partial charge on any atom is 0.321 e. The number of sulfone groups is 1. The molecule has 20 heavy (non-hydrogen) atoms. The van der Waals surface area contributed by atoms with Gasteiger partial charge in [-0.25, -0.2) is 13.2 Å². The van der Waals surface area contributed by atoms with Crippen molar-refractivity contribution >= 4 is 44.8 Å². The second-order valence-corrected chi connectivity index (χ2v) is 7.77. The fourth-order valence-electron chi connectivity index (χ4n) is 2.03.